The van der Waals surface area contributed by atoms with Gasteiger partial charge in [-0.05, 0) is 26.0 Å². The number of carbonyl (C=O) groups is 1. The van der Waals surface area contributed by atoms with Gasteiger partial charge in [0, 0.05) is 19.3 Å². The topological polar surface area (TPSA) is 58.4 Å². The summed E-state index contributed by atoms with van der Waals surface area (Å²) in [7, 11) is 1.74. The lowest BCUT2D eigenvalue weighted by atomic mass is 10.2. The molecule has 100 valence electrons. The van der Waals surface area contributed by atoms with Gasteiger partial charge in [-0.3, -0.25) is 4.79 Å². The molecule has 0 fully saturated rings. The third-order valence-electron chi connectivity index (χ3n) is 2.65. The maximum Gasteiger partial charge on any atom is 0.244 e. The normalized spacial score (nSPS) is 12.1. The molecule has 1 atom stereocenters. The first-order chi connectivity index (χ1) is 8.36. The largest absolute Gasteiger partial charge is 0.399 e. The van der Waals surface area contributed by atoms with E-state index in [0.717, 1.165) is 0 Å². The van der Waals surface area contributed by atoms with E-state index in [4.69, 9.17) is 28.9 Å². The fourth-order valence-electron chi connectivity index (χ4n) is 1.50. The molecule has 0 heterocycles. The van der Waals surface area contributed by atoms with Gasteiger partial charge in [-0.15, -0.1) is 0 Å². The Morgan fingerprint density at radius 2 is 1.94 bits per heavy atom. The van der Waals surface area contributed by atoms with E-state index in [1.54, 1.807) is 31.0 Å². The van der Waals surface area contributed by atoms with Crippen molar-refractivity contribution in [2.45, 2.75) is 19.9 Å². The summed E-state index contributed by atoms with van der Waals surface area (Å²) in [6.07, 6.45) is 0. The Kier molecular flexibility index (Phi) is 5.11. The second-order valence-electron chi connectivity index (χ2n) is 4.08. The summed E-state index contributed by atoms with van der Waals surface area (Å²) >= 11 is 12.1. The molecule has 1 rings (SSSR count). The van der Waals surface area contributed by atoms with E-state index in [0.29, 0.717) is 28.0 Å². The molecule has 0 spiro atoms. The number of halogens is 2. The van der Waals surface area contributed by atoms with Crippen molar-refractivity contribution in [3.8, 4) is 0 Å². The van der Waals surface area contributed by atoms with Gasteiger partial charge >= 0.3 is 0 Å². The van der Waals surface area contributed by atoms with Gasteiger partial charge in [0.2, 0.25) is 5.91 Å². The number of nitrogens with two attached hydrogens (primary N) is 1. The monoisotopic (exact) mass is 289 g/mol. The number of carbonyl (C=O) groups excluding carboxylic acids is 1. The van der Waals surface area contributed by atoms with E-state index in [2.05, 4.69) is 5.32 Å². The van der Waals surface area contributed by atoms with Crippen LogP contribution in [-0.2, 0) is 4.79 Å². The summed E-state index contributed by atoms with van der Waals surface area (Å²) in [6.45, 7) is 4.32. The number of benzene rings is 1. The molecule has 1 unspecified atom stereocenters. The number of rotatable bonds is 4. The molecule has 0 saturated carbocycles. The maximum atomic E-state index is 11.9. The van der Waals surface area contributed by atoms with Gasteiger partial charge < -0.3 is 16.0 Å². The minimum atomic E-state index is -0.409. The summed E-state index contributed by atoms with van der Waals surface area (Å²) in [6, 6.07) is 2.78. The first-order valence-electron chi connectivity index (χ1n) is 5.62. The molecule has 1 aromatic rings. The zero-order chi connectivity index (χ0) is 13.9. The number of nitrogens with zero attached hydrogens (tertiary/aromatic N) is 1. The number of anilines is 2. The molecule has 3 N–H and O–H groups in total. The molecule has 0 aliphatic carbocycles. The molecule has 18 heavy (non-hydrogen) atoms. The van der Waals surface area contributed by atoms with Crippen molar-refractivity contribution in [3.05, 3.63) is 22.2 Å². The van der Waals surface area contributed by atoms with Crippen LogP contribution in [0.15, 0.2) is 12.1 Å². The second-order valence-corrected chi connectivity index (χ2v) is 4.89. The third kappa shape index (κ3) is 3.43. The van der Waals surface area contributed by atoms with Gasteiger partial charge in [0.1, 0.15) is 6.04 Å². The smallest absolute Gasteiger partial charge is 0.244 e. The van der Waals surface area contributed by atoms with Crippen molar-refractivity contribution in [1.82, 2.24) is 4.90 Å². The quantitative estimate of drug-likeness (QED) is 0.838. The first kappa shape index (κ1) is 14.9. The van der Waals surface area contributed by atoms with Gasteiger partial charge in [0.05, 0.1) is 15.7 Å². The molecule has 0 saturated heterocycles. The maximum absolute atomic E-state index is 11.9. The van der Waals surface area contributed by atoms with E-state index in [1.165, 1.54) is 0 Å². The average molecular weight is 290 g/mol. The van der Waals surface area contributed by atoms with Gasteiger partial charge in [0.15, 0.2) is 0 Å². The summed E-state index contributed by atoms with van der Waals surface area (Å²) in [5.74, 6) is -0.0264. The third-order valence-corrected chi connectivity index (χ3v) is 3.24. The zero-order valence-electron chi connectivity index (χ0n) is 10.6. The molecule has 1 aromatic carbocycles. The number of amides is 1. The van der Waals surface area contributed by atoms with E-state index < -0.39 is 6.04 Å². The summed E-state index contributed by atoms with van der Waals surface area (Å²) in [4.78, 5) is 13.5. The van der Waals surface area contributed by atoms with E-state index in [1.807, 2.05) is 6.92 Å². The van der Waals surface area contributed by atoms with Crippen LogP contribution >= 0.6 is 23.2 Å². The highest BCUT2D eigenvalue weighted by Crippen LogP contribution is 2.33. The molecule has 0 aromatic heterocycles. The molecular formula is C12H17Cl2N3O. The highest BCUT2D eigenvalue weighted by Gasteiger charge is 2.18. The van der Waals surface area contributed by atoms with E-state index in [-0.39, 0.29) is 5.91 Å². The zero-order valence-corrected chi connectivity index (χ0v) is 12.1. The Bertz CT molecular complexity index is 428. The molecule has 6 heteroatoms. The number of likely N-dealkylation sites (N-methyl/N-ethyl adjacent to an activating group) is 1. The lowest BCUT2D eigenvalue weighted by Crippen LogP contribution is -2.38. The van der Waals surface area contributed by atoms with Crippen LogP contribution in [0, 0.1) is 0 Å². The van der Waals surface area contributed by atoms with Crippen molar-refractivity contribution in [1.29, 1.82) is 0 Å². The predicted molar refractivity (Wildman–Crippen MR) is 77.3 cm³/mol. The number of nitrogen functional groups attached to an aromatic ring is 1. The Morgan fingerprint density at radius 1 is 1.44 bits per heavy atom. The second kappa shape index (κ2) is 6.16. The Hall–Kier alpha value is -1.13. The molecule has 1 amide bonds. The van der Waals surface area contributed by atoms with E-state index >= 15 is 0 Å². The van der Waals surface area contributed by atoms with Gasteiger partial charge in [0.25, 0.3) is 0 Å². The van der Waals surface area contributed by atoms with Crippen LogP contribution < -0.4 is 11.1 Å². The highest BCUT2D eigenvalue weighted by molar-refractivity contribution is 6.39. The molecule has 0 bridgehead atoms. The molecule has 4 nitrogen and oxygen atoms in total. The van der Waals surface area contributed by atoms with Crippen molar-refractivity contribution >= 4 is 40.5 Å². The van der Waals surface area contributed by atoms with Gasteiger partial charge in [-0.1, -0.05) is 23.2 Å². The highest BCUT2D eigenvalue weighted by atomic mass is 35.5. The fraction of sp³-hybridized carbons (Fsp3) is 0.417. The summed E-state index contributed by atoms with van der Waals surface area (Å²) < 4.78 is 0. The van der Waals surface area contributed by atoms with Crippen LogP contribution in [0.4, 0.5) is 11.4 Å². The number of hydrogen-bond acceptors (Lipinski definition) is 3. The number of nitrogens with one attached hydrogen (secondary N) is 1. The van der Waals surface area contributed by atoms with Crippen molar-refractivity contribution in [2.75, 3.05) is 24.6 Å². The molecule has 0 aliphatic rings. The standard InChI is InChI=1S/C12H17Cl2N3O/c1-4-17(3)12(18)7(2)16-11-9(13)5-8(15)6-10(11)14/h5-7,16H,4,15H2,1-3H3. The Labute approximate surface area is 117 Å². The number of hydrogen-bond donors (Lipinski definition) is 2. The fourth-order valence-corrected chi connectivity index (χ4v) is 2.11. The lowest BCUT2D eigenvalue weighted by Gasteiger charge is -2.22. The van der Waals surface area contributed by atoms with E-state index in [9.17, 15) is 4.79 Å². The predicted octanol–water partition coefficient (Wildman–Crippen LogP) is 2.85. The first-order valence-corrected chi connectivity index (χ1v) is 6.38. The Balaban J connectivity index is 2.88. The average Bonchev–Trinajstić information content (AvgIpc) is 2.31. The molecule has 0 aliphatic heterocycles. The molecular weight excluding hydrogens is 273 g/mol. The SMILES string of the molecule is CCN(C)C(=O)C(C)Nc1c(Cl)cc(N)cc1Cl. The van der Waals surface area contributed by atoms with Crippen LogP contribution in [0.2, 0.25) is 10.0 Å². The Morgan fingerprint density at radius 3 is 2.39 bits per heavy atom. The van der Waals surface area contributed by atoms with Gasteiger partial charge in [-0.2, -0.15) is 0 Å². The van der Waals surface area contributed by atoms with Crippen LogP contribution in [0.25, 0.3) is 0 Å². The van der Waals surface area contributed by atoms with Crippen molar-refractivity contribution < 1.29 is 4.79 Å². The summed E-state index contributed by atoms with van der Waals surface area (Å²) in [5.41, 5.74) is 6.63. The minimum absolute atomic E-state index is 0.0264. The van der Waals surface area contributed by atoms with Crippen LogP contribution in [-0.4, -0.2) is 30.4 Å². The van der Waals surface area contributed by atoms with Crippen LogP contribution in [0.3, 0.4) is 0 Å². The summed E-state index contributed by atoms with van der Waals surface area (Å²) in [5, 5.41) is 3.81. The lowest BCUT2D eigenvalue weighted by molar-refractivity contribution is -0.130. The molecule has 0 radical (unpaired) electrons. The van der Waals surface area contributed by atoms with Crippen LogP contribution in [0.5, 0.6) is 0 Å². The van der Waals surface area contributed by atoms with Crippen LogP contribution in [0.1, 0.15) is 13.8 Å². The van der Waals surface area contributed by atoms with Crippen molar-refractivity contribution in [2.24, 2.45) is 0 Å². The van der Waals surface area contributed by atoms with Crippen molar-refractivity contribution in [3.63, 3.8) is 0 Å². The van der Waals surface area contributed by atoms with Gasteiger partial charge in [-0.25, -0.2) is 0 Å². The minimum Gasteiger partial charge on any atom is -0.399 e.